The molecule has 6 heteroatoms. The van der Waals surface area contributed by atoms with E-state index in [1.807, 2.05) is 0 Å². The third-order valence-corrected chi connectivity index (χ3v) is 14.5. The fraction of sp³-hybridized carbons (Fsp3) is 0.786. The number of ether oxygens (including phenoxy) is 3. The predicted molar refractivity (Wildman–Crippen MR) is 330 cm³/mol. The van der Waals surface area contributed by atoms with Crippen LogP contribution < -0.4 is 0 Å². The molecule has 6 nitrogen and oxygen atoms in total. The summed E-state index contributed by atoms with van der Waals surface area (Å²) < 4.78 is 16.8. The lowest BCUT2D eigenvalue weighted by Gasteiger charge is -2.18. The fourth-order valence-corrected chi connectivity index (χ4v) is 9.57. The molecule has 0 bridgehead atoms. The Morgan fingerprint density at radius 1 is 0.276 bits per heavy atom. The van der Waals surface area contributed by atoms with Crippen LogP contribution in [0.15, 0.2) is 72.9 Å². The highest BCUT2D eigenvalue weighted by molar-refractivity contribution is 5.71. The molecule has 0 aliphatic heterocycles. The van der Waals surface area contributed by atoms with Gasteiger partial charge in [-0.2, -0.15) is 0 Å². The average Bonchev–Trinajstić information content (AvgIpc) is 3.42. The van der Waals surface area contributed by atoms with Crippen molar-refractivity contribution in [2.45, 2.75) is 341 Å². The van der Waals surface area contributed by atoms with Crippen LogP contribution in [-0.4, -0.2) is 37.2 Å². The van der Waals surface area contributed by atoms with Gasteiger partial charge in [0.2, 0.25) is 0 Å². The number of unbranched alkanes of at least 4 members (excludes halogenated alkanes) is 37. The molecule has 0 rings (SSSR count). The zero-order valence-electron chi connectivity index (χ0n) is 50.5. The Bertz CT molecular complexity index is 1400. The Kier molecular flexibility index (Phi) is 61.7. The molecule has 1 atom stereocenters. The lowest BCUT2D eigenvalue weighted by molar-refractivity contribution is -0.167. The van der Waals surface area contributed by atoms with Crippen molar-refractivity contribution in [3.8, 4) is 0 Å². The number of carbonyl (C=O) groups excluding carboxylic acids is 3. The van der Waals surface area contributed by atoms with Crippen molar-refractivity contribution in [2.75, 3.05) is 13.2 Å². The van der Waals surface area contributed by atoms with E-state index in [2.05, 4.69) is 93.7 Å². The van der Waals surface area contributed by atoms with E-state index in [1.54, 1.807) is 0 Å². The van der Waals surface area contributed by atoms with Crippen LogP contribution in [0.2, 0.25) is 0 Å². The van der Waals surface area contributed by atoms with E-state index in [0.29, 0.717) is 19.3 Å². The van der Waals surface area contributed by atoms with Crippen molar-refractivity contribution >= 4 is 17.9 Å². The molecule has 0 aromatic rings. The number of esters is 3. The van der Waals surface area contributed by atoms with Crippen LogP contribution in [0.1, 0.15) is 335 Å². The molecule has 0 saturated heterocycles. The van der Waals surface area contributed by atoms with Gasteiger partial charge in [0.25, 0.3) is 0 Å². The molecule has 76 heavy (non-hydrogen) atoms. The summed E-state index contributed by atoms with van der Waals surface area (Å²) in [6, 6.07) is 0. The first-order valence-electron chi connectivity index (χ1n) is 32.9. The normalized spacial score (nSPS) is 12.5. The largest absolute Gasteiger partial charge is 0.462 e. The van der Waals surface area contributed by atoms with E-state index in [0.717, 1.165) is 103 Å². The lowest BCUT2D eigenvalue weighted by atomic mass is 10.0. The summed E-state index contributed by atoms with van der Waals surface area (Å²) in [5, 5.41) is 0. The van der Waals surface area contributed by atoms with Crippen LogP contribution in [0.3, 0.4) is 0 Å². The summed E-state index contributed by atoms with van der Waals surface area (Å²) in [5.41, 5.74) is 0. The molecular formula is C70H124O6. The Morgan fingerprint density at radius 3 is 0.803 bits per heavy atom. The number of rotatable bonds is 60. The summed E-state index contributed by atoms with van der Waals surface area (Å²) >= 11 is 0. The molecule has 0 fully saturated rings. The summed E-state index contributed by atoms with van der Waals surface area (Å²) in [7, 11) is 0. The second kappa shape index (κ2) is 64.4. The maximum absolute atomic E-state index is 12.8. The molecule has 0 N–H and O–H groups in total. The molecule has 0 heterocycles. The Labute approximate surface area is 472 Å². The van der Waals surface area contributed by atoms with Gasteiger partial charge in [-0.05, 0) is 70.6 Å². The van der Waals surface area contributed by atoms with Crippen molar-refractivity contribution in [1.82, 2.24) is 0 Å². The molecule has 0 radical (unpaired) electrons. The van der Waals surface area contributed by atoms with Gasteiger partial charge in [0.1, 0.15) is 13.2 Å². The molecule has 0 aromatic heterocycles. The van der Waals surface area contributed by atoms with E-state index >= 15 is 0 Å². The molecule has 1 unspecified atom stereocenters. The van der Waals surface area contributed by atoms with Crippen LogP contribution in [0, 0.1) is 0 Å². The summed E-state index contributed by atoms with van der Waals surface area (Å²) in [6.45, 7) is 6.49. The molecule has 0 saturated carbocycles. The van der Waals surface area contributed by atoms with Crippen molar-refractivity contribution in [1.29, 1.82) is 0 Å². The van der Waals surface area contributed by atoms with Gasteiger partial charge in [0.05, 0.1) is 0 Å². The highest BCUT2D eigenvalue weighted by atomic mass is 16.6. The van der Waals surface area contributed by atoms with Crippen LogP contribution in [0.4, 0.5) is 0 Å². The Morgan fingerprint density at radius 2 is 0.513 bits per heavy atom. The molecule has 0 aliphatic rings. The predicted octanol–water partition coefficient (Wildman–Crippen LogP) is 22.5. The van der Waals surface area contributed by atoms with Gasteiger partial charge in [-0.15, -0.1) is 0 Å². The molecule has 440 valence electrons. The van der Waals surface area contributed by atoms with Crippen LogP contribution in [0.25, 0.3) is 0 Å². The van der Waals surface area contributed by atoms with E-state index in [4.69, 9.17) is 14.2 Å². The minimum absolute atomic E-state index is 0.0722. The van der Waals surface area contributed by atoms with Crippen molar-refractivity contribution in [3.63, 3.8) is 0 Å². The van der Waals surface area contributed by atoms with Crippen molar-refractivity contribution in [2.24, 2.45) is 0 Å². The van der Waals surface area contributed by atoms with Crippen LogP contribution in [-0.2, 0) is 28.6 Å². The van der Waals surface area contributed by atoms with Gasteiger partial charge in [0, 0.05) is 19.3 Å². The molecule has 0 aromatic carbocycles. The van der Waals surface area contributed by atoms with E-state index in [9.17, 15) is 14.4 Å². The van der Waals surface area contributed by atoms with Crippen molar-refractivity contribution < 1.29 is 28.6 Å². The monoisotopic (exact) mass is 1060 g/mol. The lowest BCUT2D eigenvalue weighted by Crippen LogP contribution is -2.30. The van der Waals surface area contributed by atoms with Gasteiger partial charge in [-0.1, -0.05) is 318 Å². The maximum atomic E-state index is 12.8. The third kappa shape index (κ3) is 61.7. The van der Waals surface area contributed by atoms with Gasteiger partial charge in [-0.25, -0.2) is 0 Å². The van der Waals surface area contributed by atoms with Crippen LogP contribution in [0.5, 0.6) is 0 Å². The highest BCUT2D eigenvalue weighted by Crippen LogP contribution is 2.18. The Hall–Kier alpha value is -3.15. The third-order valence-electron chi connectivity index (χ3n) is 14.5. The number of hydrogen-bond acceptors (Lipinski definition) is 6. The van der Waals surface area contributed by atoms with E-state index in [-0.39, 0.29) is 31.1 Å². The second-order valence-corrected chi connectivity index (χ2v) is 22.0. The van der Waals surface area contributed by atoms with E-state index < -0.39 is 6.10 Å². The quantitative estimate of drug-likeness (QED) is 0.0261. The molecular weight excluding hydrogens is 937 g/mol. The first-order chi connectivity index (χ1) is 37.5. The number of carbonyl (C=O) groups is 3. The smallest absolute Gasteiger partial charge is 0.306 e. The first-order valence-corrected chi connectivity index (χ1v) is 32.9. The van der Waals surface area contributed by atoms with Crippen LogP contribution >= 0.6 is 0 Å². The van der Waals surface area contributed by atoms with E-state index in [1.165, 1.54) is 193 Å². The average molecular weight is 1060 g/mol. The number of allylic oxidation sites excluding steroid dienone is 12. The van der Waals surface area contributed by atoms with Gasteiger partial charge >= 0.3 is 17.9 Å². The number of hydrogen-bond donors (Lipinski definition) is 0. The van der Waals surface area contributed by atoms with Gasteiger partial charge in [-0.3, -0.25) is 14.4 Å². The standard InChI is InChI=1S/C70H124O6/c1-4-7-10-13-15-17-19-21-23-25-27-29-31-32-33-34-35-36-37-38-39-41-42-44-46-48-50-52-54-57-60-63-69(72)75-66-67(65-74-68(71)62-59-56-12-9-6-3)76-70(73)64-61-58-55-53-51-49-47-45-43-40-30-28-26-24-22-20-18-16-14-11-8-5-2/h7,10,15,17,21,23,27,29,32-33,35-36,67H,4-6,8-9,11-14,16,18-20,22,24-26,28,30-31,34,37-66H2,1-3H3/b10-7-,17-15-,23-21-,29-27-,33-32-,36-35-. The zero-order valence-corrected chi connectivity index (χ0v) is 50.5. The minimum Gasteiger partial charge on any atom is -0.462 e. The summed E-state index contributed by atoms with van der Waals surface area (Å²) in [6.07, 6.45) is 84.0. The maximum Gasteiger partial charge on any atom is 0.306 e. The van der Waals surface area contributed by atoms with Crippen molar-refractivity contribution in [3.05, 3.63) is 72.9 Å². The summed E-state index contributed by atoms with van der Waals surface area (Å²) in [4.78, 5) is 37.9. The molecule has 0 aliphatic carbocycles. The van der Waals surface area contributed by atoms with Gasteiger partial charge in [0.15, 0.2) is 6.10 Å². The first kappa shape index (κ1) is 72.8. The molecule has 0 spiro atoms. The SMILES string of the molecule is CC/C=C\C/C=C\C/C=C\C/C=C\C/C=C\C/C=C\CCCCCCCCCCCCCCC(=O)OCC(COC(=O)CCCCCCC)OC(=O)CCCCCCCCCCCCCCCCCCCCCCCC. The Balaban J connectivity index is 3.99. The molecule has 0 amide bonds. The minimum atomic E-state index is -0.770. The summed E-state index contributed by atoms with van der Waals surface area (Å²) in [5.74, 6) is -0.871. The topological polar surface area (TPSA) is 78.9 Å². The van der Waals surface area contributed by atoms with Gasteiger partial charge < -0.3 is 14.2 Å². The zero-order chi connectivity index (χ0) is 55.0. The second-order valence-electron chi connectivity index (χ2n) is 22.0. The fourth-order valence-electron chi connectivity index (χ4n) is 9.57. The highest BCUT2D eigenvalue weighted by Gasteiger charge is 2.19.